The molecule has 8 nitrogen and oxygen atoms in total. The summed E-state index contributed by atoms with van der Waals surface area (Å²) in [6.45, 7) is 2.19. The number of aromatic nitrogens is 1. The molecule has 9 heteroatoms. The zero-order chi connectivity index (χ0) is 21.3. The largest absolute Gasteiger partial charge is 0.356 e. The minimum Gasteiger partial charge on any atom is -0.356 e. The zero-order valence-corrected chi connectivity index (χ0v) is 17.8. The maximum absolute atomic E-state index is 12.9. The van der Waals surface area contributed by atoms with Crippen LogP contribution in [0.15, 0.2) is 41.4 Å². The van der Waals surface area contributed by atoms with Crippen molar-refractivity contribution in [1.82, 2.24) is 19.1 Å². The SMILES string of the molecule is CN(CC(=O)N1CCc2ccccc2C1)S(=O)(=O)c1c[nH]c(C(=O)N2CCCC2)c1. The minimum absolute atomic E-state index is 0.00987. The first kappa shape index (κ1) is 20.6. The number of benzene rings is 1. The van der Waals surface area contributed by atoms with Crippen LogP contribution in [0.5, 0.6) is 0 Å². The van der Waals surface area contributed by atoms with Crippen LogP contribution in [-0.2, 0) is 27.8 Å². The predicted octanol–water partition coefficient (Wildman–Crippen LogP) is 1.46. The van der Waals surface area contributed by atoms with Crippen LogP contribution in [0.2, 0.25) is 0 Å². The van der Waals surface area contributed by atoms with E-state index in [0.717, 1.165) is 29.1 Å². The van der Waals surface area contributed by atoms with E-state index in [0.29, 0.717) is 26.2 Å². The molecule has 0 bridgehead atoms. The molecule has 0 saturated carbocycles. The lowest BCUT2D eigenvalue weighted by Gasteiger charge is -2.30. The number of nitrogens with zero attached hydrogens (tertiary/aromatic N) is 3. The van der Waals surface area contributed by atoms with Crippen molar-refractivity contribution < 1.29 is 18.0 Å². The standard InChI is InChI=1S/C21H26N4O4S/c1-23(15-20(26)25-11-8-16-6-2-3-7-17(16)14-25)30(28,29)18-12-19(22-13-18)21(27)24-9-4-5-10-24/h2-3,6-7,12-13,22H,4-5,8-11,14-15H2,1H3. The summed E-state index contributed by atoms with van der Waals surface area (Å²) in [4.78, 5) is 31.4. The molecule has 0 aliphatic carbocycles. The molecule has 2 aromatic rings. The molecule has 3 heterocycles. The van der Waals surface area contributed by atoms with E-state index in [4.69, 9.17) is 0 Å². The first-order valence-electron chi connectivity index (χ1n) is 10.1. The number of sulfonamides is 1. The summed E-state index contributed by atoms with van der Waals surface area (Å²) in [5, 5.41) is 0. The van der Waals surface area contributed by atoms with Gasteiger partial charge in [-0.15, -0.1) is 0 Å². The van der Waals surface area contributed by atoms with Gasteiger partial charge in [-0.3, -0.25) is 9.59 Å². The van der Waals surface area contributed by atoms with Gasteiger partial charge in [0.15, 0.2) is 0 Å². The average Bonchev–Trinajstić information content (AvgIpc) is 3.45. The Morgan fingerprint density at radius 1 is 1.07 bits per heavy atom. The van der Waals surface area contributed by atoms with Crippen LogP contribution in [0.25, 0.3) is 0 Å². The minimum atomic E-state index is -3.89. The Morgan fingerprint density at radius 3 is 2.50 bits per heavy atom. The summed E-state index contributed by atoms with van der Waals surface area (Å²) in [7, 11) is -2.50. The first-order chi connectivity index (χ1) is 14.4. The Hall–Kier alpha value is -2.65. The number of nitrogens with one attached hydrogen (secondary N) is 1. The van der Waals surface area contributed by atoms with Crippen LogP contribution in [0.1, 0.15) is 34.5 Å². The molecular formula is C21H26N4O4S. The smallest absolute Gasteiger partial charge is 0.270 e. The number of carbonyl (C=O) groups is 2. The monoisotopic (exact) mass is 430 g/mol. The summed E-state index contributed by atoms with van der Waals surface area (Å²) < 4.78 is 26.9. The predicted molar refractivity (Wildman–Crippen MR) is 111 cm³/mol. The molecule has 2 amide bonds. The number of aromatic amines is 1. The highest BCUT2D eigenvalue weighted by atomic mass is 32.2. The van der Waals surface area contributed by atoms with Crippen molar-refractivity contribution in [3.63, 3.8) is 0 Å². The molecule has 30 heavy (non-hydrogen) atoms. The van der Waals surface area contributed by atoms with Crippen molar-refractivity contribution >= 4 is 21.8 Å². The maximum Gasteiger partial charge on any atom is 0.270 e. The van der Waals surface area contributed by atoms with E-state index in [9.17, 15) is 18.0 Å². The van der Waals surface area contributed by atoms with Crippen LogP contribution in [-0.4, -0.2) is 72.5 Å². The van der Waals surface area contributed by atoms with Gasteiger partial charge >= 0.3 is 0 Å². The van der Waals surface area contributed by atoms with Gasteiger partial charge in [0.05, 0.1) is 6.54 Å². The fourth-order valence-corrected chi connectivity index (χ4v) is 5.12. The number of carbonyl (C=O) groups excluding carboxylic acids is 2. The summed E-state index contributed by atoms with van der Waals surface area (Å²) in [5.41, 5.74) is 2.58. The van der Waals surface area contributed by atoms with Crippen molar-refractivity contribution in [3.05, 3.63) is 53.3 Å². The van der Waals surface area contributed by atoms with Gasteiger partial charge in [-0.05, 0) is 36.5 Å². The Morgan fingerprint density at radius 2 is 1.77 bits per heavy atom. The molecule has 0 radical (unpaired) electrons. The van der Waals surface area contributed by atoms with Gasteiger partial charge in [0, 0.05) is 39.4 Å². The van der Waals surface area contributed by atoms with Crippen LogP contribution < -0.4 is 0 Å². The van der Waals surface area contributed by atoms with Crippen LogP contribution in [0, 0.1) is 0 Å². The van der Waals surface area contributed by atoms with Gasteiger partial charge < -0.3 is 14.8 Å². The van der Waals surface area contributed by atoms with E-state index in [1.807, 2.05) is 18.2 Å². The third-order valence-corrected chi connectivity index (χ3v) is 7.61. The van der Waals surface area contributed by atoms with E-state index in [-0.39, 0.29) is 28.9 Å². The van der Waals surface area contributed by atoms with Gasteiger partial charge in [-0.1, -0.05) is 24.3 Å². The number of likely N-dealkylation sites (N-methyl/N-ethyl adjacent to an activating group) is 1. The Bertz CT molecular complexity index is 1060. The molecule has 0 atom stereocenters. The summed E-state index contributed by atoms with van der Waals surface area (Å²) in [6.07, 6.45) is 4.00. The first-order valence-corrected chi connectivity index (χ1v) is 11.6. The molecule has 1 saturated heterocycles. The van der Waals surface area contributed by atoms with Crippen LogP contribution in [0.3, 0.4) is 0 Å². The normalized spacial score (nSPS) is 16.7. The zero-order valence-electron chi connectivity index (χ0n) is 17.0. The van der Waals surface area contributed by atoms with Crippen LogP contribution >= 0.6 is 0 Å². The molecule has 1 N–H and O–H groups in total. The van der Waals surface area contributed by atoms with Crippen molar-refractivity contribution in [1.29, 1.82) is 0 Å². The fourth-order valence-electron chi connectivity index (χ4n) is 4.00. The van der Waals surface area contributed by atoms with E-state index >= 15 is 0 Å². The molecule has 2 aliphatic rings. The third kappa shape index (κ3) is 3.99. The number of amides is 2. The Labute approximate surface area is 176 Å². The van der Waals surface area contributed by atoms with Crippen molar-refractivity contribution in [2.45, 2.75) is 30.7 Å². The second-order valence-electron chi connectivity index (χ2n) is 7.84. The number of hydrogen-bond donors (Lipinski definition) is 1. The Balaban J connectivity index is 1.42. The van der Waals surface area contributed by atoms with Gasteiger partial charge in [-0.2, -0.15) is 4.31 Å². The Kier molecular flexibility index (Phi) is 5.66. The lowest BCUT2D eigenvalue weighted by molar-refractivity contribution is -0.132. The van der Waals surface area contributed by atoms with Crippen molar-refractivity contribution in [3.8, 4) is 0 Å². The fraction of sp³-hybridized carbons (Fsp3) is 0.429. The van der Waals surface area contributed by atoms with Crippen molar-refractivity contribution in [2.75, 3.05) is 33.2 Å². The molecule has 1 aromatic carbocycles. The van der Waals surface area contributed by atoms with Gasteiger partial charge in [0.25, 0.3) is 5.91 Å². The molecular weight excluding hydrogens is 404 g/mol. The molecule has 1 fully saturated rings. The summed E-state index contributed by atoms with van der Waals surface area (Å²) >= 11 is 0. The summed E-state index contributed by atoms with van der Waals surface area (Å²) in [5.74, 6) is -0.431. The number of H-pyrrole nitrogens is 1. The average molecular weight is 431 g/mol. The highest BCUT2D eigenvalue weighted by Crippen LogP contribution is 2.21. The van der Waals surface area contributed by atoms with Gasteiger partial charge in [0.2, 0.25) is 15.9 Å². The number of hydrogen-bond acceptors (Lipinski definition) is 4. The molecule has 0 spiro atoms. The molecule has 2 aliphatic heterocycles. The molecule has 4 rings (SSSR count). The van der Waals surface area contributed by atoms with E-state index in [1.165, 1.54) is 24.9 Å². The highest BCUT2D eigenvalue weighted by Gasteiger charge is 2.29. The maximum atomic E-state index is 12.9. The topological polar surface area (TPSA) is 93.8 Å². The van der Waals surface area contributed by atoms with E-state index < -0.39 is 10.0 Å². The van der Waals surface area contributed by atoms with Gasteiger partial charge in [0.1, 0.15) is 10.6 Å². The van der Waals surface area contributed by atoms with Crippen LogP contribution in [0.4, 0.5) is 0 Å². The molecule has 0 unspecified atom stereocenters. The lowest BCUT2D eigenvalue weighted by atomic mass is 10.00. The lowest BCUT2D eigenvalue weighted by Crippen LogP contribution is -2.43. The number of fused-ring (bicyclic) bond motifs is 1. The highest BCUT2D eigenvalue weighted by molar-refractivity contribution is 7.89. The molecule has 1 aromatic heterocycles. The second kappa shape index (κ2) is 8.23. The third-order valence-electron chi connectivity index (χ3n) is 5.83. The number of rotatable bonds is 5. The van der Waals surface area contributed by atoms with Gasteiger partial charge in [-0.25, -0.2) is 8.42 Å². The van der Waals surface area contributed by atoms with E-state index in [1.54, 1.807) is 9.80 Å². The quantitative estimate of drug-likeness (QED) is 0.777. The number of likely N-dealkylation sites (tertiary alicyclic amines) is 1. The van der Waals surface area contributed by atoms with Crippen molar-refractivity contribution in [2.24, 2.45) is 0 Å². The second-order valence-corrected chi connectivity index (χ2v) is 9.89. The summed E-state index contributed by atoms with van der Waals surface area (Å²) in [6, 6.07) is 9.33. The van der Waals surface area contributed by atoms with E-state index in [2.05, 4.69) is 11.1 Å². The molecule has 160 valence electrons.